The Kier molecular flexibility index (Phi) is 3.92. The zero-order chi connectivity index (χ0) is 9.68. The van der Waals surface area contributed by atoms with Crippen LogP contribution in [0.5, 0.6) is 0 Å². The van der Waals surface area contributed by atoms with E-state index in [4.69, 9.17) is 9.84 Å². The van der Waals surface area contributed by atoms with Crippen molar-refractivity contribution in [2.75, 3.05) is 19.8 Å². The maximum atomic E-state index is 8.47. The molecule has 0 unspecified atom stereocenters. The molecule has 1 aromatic rings. The highest BCUT2D eigenvalue weighted by Crippen LogP contribution is 2.00. The first-order valence-corrected chi connectivity index (χ1v) is 4.43. The summed E-state index contributed by atoms with van der Waals surface area (Å²) in [4.78, 5) is 0. The summed E-state index contributed by atoms with van der Waals surface area (Å²) in [5, 5.41) is 12.8. The molecule has 0 amide bonds. The number of hydrogen-bond donors (Lipinski definition) is 1. The molecule has 0 atom stereocenters. The lowest BCUT2D eigenvalue weighted by Crippen LogP contribution is -2.10. The molecular formula is C9H16N2O2. The van der Waals surface area contributed by atoms with Gasteiger partial charge in [0.2, 0.25) is 0 Å². The first-order chi connectivity index (χ1) is 6.24. The van der Waals surface area contributed by atoms with Crippen LogP contribution in [-0.4, -0.2) is 34.7 Å². The molecule has 4 heteroatoms. The molecule has 0 saturated heterocycles. The monoisotopic (exact) mass is 184 g/mol. The fourth-order valence-electron chi connectivity index (χ4n) is 1.22. The molecule has 1 N–H and O–H groups in total. The zero-order valence-electron chi connectivity index (χ0n) is 8.16. The molecular weight excluding hydrogens is 168 g/mol. The van der Waals surface area contributed by atoms with Gasteiger partial charge in [0.25, 0.3) is 0 Å². The lowest BCUT2D eigenvalue weighted by molar-refractivity contribution is 0.0850. The van der Waals surface area contributed by atoms with E-state index >= 15 is 0 Å². The summed E-state index contributed by atoms with van der Waals surface area (Å²) < 4.78 is 7.05. The van der Waals surface area contributed by atoms with Crippen LogP contribution in [0.15, 0.2) is 6.07 Å². The van der Waals surface area contributed by atoms with Gasteiger partial charge in [0.05, 0.1) is 32.1 Å². The van der Waals surface area contributed by atoms with Gasteiger partial charge in [-0.3, -0.25) is 4.68 Å². The van der Waals surface area contributed by atoms with Crippen LogP contribution in [-0.2, 0) is 11.3 Å². The Hall–Kier alpha value is -0.870. The van der Waals surface area contributed by atoms with Crippen LogP contribution in [0.25, 0.3) is 0 Å². The maximum Gasteiger partial charge on any atom is 0.0698 e. The van der Waals surface area contributed by atoms with Crippen LogP contribution in [0.2, 0.25) is 0 Å². The van der Waals surface area contributed by atoms with Gasteiger partial charge in [0.1, 0.15) is 0 Å². The Morgan fingerprint density at radius 1 is 1.46 bits per heavy atom. The highest BCUT2D eigenvalue weighted by atomic mass is 16.5. The summed E-state index contributed by atoms with van der Waals surface area (Å²) in [7, 11) is 0. The number of nitrogens with zero attached hydrogens (tertiary/aromatic N) is 2. The fourth-order valence-corrected chi connectivity index (χ4v) is 1.22. The van der Waals surface area contributed by atoms with Crippen LogP contribution in [0.4, 0.5) is 0 Å². The Morgan fingerprint density at radius 3 is 2.77 bits per heavy atom. The van der Waals surface area contributed by atoms with Gasteiger partial charge in [-0.15, -0.1) is 0 Å². The third-order valence-corrected chi connectivity index (χ3v) is 1.79. The first kappa shape index (κ1) is 10.2. The van der Waals surface area contributed by atoms with Crippen LogP contribution in [0, 0.1) is 13.8 Å². The molecule has 1 heterocycles. The van der Waals surface area contributed by atoms with Crippen LogP contribution < -0.4 is 0 Å². The predicted molar refractivity (Wildman–Crippen MR) is 49.6 cm³/mol. The van der Waals surface area contributed by atoms with E-state index < -0.39 is 0 Å². The van der Waals surface area contributed by atoms with Gasteiger partial charge >= 0.3 is 0 Å². The molecule has 0 radical (unpaired) electrons. The average Bonchev–Trinajstić information content (AvgIpc) is 2.39. The standard InChI is InChI=1S/C9H16N2O2/c1-8-7-9(2)11(10-8)3-5-13-6-4-12/h7,12H,3-6H2,1-2H3. The SMILES string of the molecule is Cc1cc(C)n(CCOCCO)n1. The van der Waals surface area contributed by atoms with Crippen LogP contribution >= 0.6 is 0 Å². The predicted octanol–water partition coefficient (Wildman–Crippen LogP) is 0.509. The van der Waals surface area contributed by atoms with E-state index in [9.17, 15) is 0 Å². The smallest absolute Gasteiger partial charge is 0.0698 e. The number of ether oxygens (including phenoxy) is 1. The third-order valence-electron chi connectivity index (χ3n) is 1.79. The molecule has 0 bridgehead atoms. The van der Waals surface area contributed by atoms with Gasteiger partial charge in [0.15, 0.2) is 0 Å². The number of hydrogen-bond acceptors (Lipinski definition) is 3. The van der Waals surface area contributed by atoms with Gasteiger partial charge in [-0.05, 0) is 19.9 Å². The molecule has 0 aromatic carbocycles. The lowest BCUT2D eigenvalue weighted by Gasteiger charge is -2.04. The third kappa shape index (κ3) is 3.16. The maximum absolute atomic E-state index is 8.47. The molecule has 1 rings (SSSR count). The van der Waals surface area contributed by atoms with Crippen molar-refractivity contribution in [2.45, 2.75) is 20.4 Å². The summed E-state index contributed by atoms with van der Waals surface area (Å²) in [6.07, 6.45) is 0. The molecule has 0 saturated carbocycles. The molecule has 0 aliphatic heterocycles. The normalized spacial score (nSPS) is 10.7. The topological polar surface area (TPSA) is 47.3 Å². The zero-order valence-corrected chi connectivity index (χ0v) is 8.16. The molecule has 4 nitrogen and oxygen atoms in total. The largest absolute Gasteiger partial charge is 0.394 e. The van der Waals surface area contributed by atoms with Gasteiger partial charge in [-0.25, -0.2) is 0 Å². The molecule has 0 fully saturated rings. The molecule has 0 spiro atoms. The van der Waals surface area contributed by atoms with E-state index in [2.05, 4.69) is 5.10 Å². The van der Waals surface area contributed by atoms with Crippen molar-refractivity contribution in [3.63, 3.8) is 0 Å². The molecule has 74 valence electrons. The van der Waals surface area contributed by atoms with Gasteiger partial charge < -0.3 is 9.84 Å². The summed E-state index contributed by atoms with van der Waals surface area (Å²) in [6.45, 7) is 5.82. The van der Waals surface area contributed by atoms with Crippen molar-refractivity contribution in [3.05, 3.63) is 17.5 Å². The van der Waals surface area contributed by atoms with E-state index in [1.54, 1.807) is 0 Å². The van der Waals surface area contributed by atoms with Crippen molar-refractivity contribution >= 4 is 0 Å². The summed E-state index contributed by atoms with van der Waals surface area (Å²) in [5.74, 6) is 0. The van der Waals surface area contributed by atoms with Crippen molar-refractivity contribution in [3.8, 4) is 0 Å². The quantitative estimate of drug-likeness (QED) is 0.678. The van der Waals surface area contributed by atoms with E-state index in [0.717, 1.165) is 17.9 Å². The van der Waals surface area contributed by atoms with Crippen LogP contribution in [0.1, 0.15) is 11.4 Å². The Labute approximate surface area is 78.1 Å². The van der Waals surface area contributed by atoms with Crippen molar-refractivity contribution in [1.82, 2.24) is 9.78 Å². The summed E-state index contributed by atoms with van der Waals surface area (Å²) in [6, 6.07) is 2.03. The minimum absolute atomic E-state index is 0.0805. The Morgan fingerprint density at radius 2 is 2.23 bits per heavy atom. The molecule has 0 aliphatic rings. The second-order valence-electron chi connectivity index (χ2n) is 2.99. The van der Waals surface area contributed by atoms with Crippen LogP contribution in [0.3, 0.4) is 0 Å². The number of rotatable bonds is 5. The molecule has 0 aliphatic carbocycles. The lowest BCUT2D eigenvalue weighted by atomic mass is 10.4. The van der Waals surface area contributed by atoms with Crippen molar-refractivity contribution in [2.24, 2.45) is 0 Å². The second kappa shape index (κ2) is 4.99. The number of aromatic nitrogens is 2. The van der Waals surface area contributed by atoms with Crippen molar-refractivity contribution in [1.29, 1.82) is 0 Å². The molecule has 13 heavy (non-hydrogen) atoms. The summed E-state index contributed by atoms with van der Waals surface area (Å²) >= 11 is 0. The minimum Gasteiger partial charge on any atom is -0.394 e. The Bertz CT molecular complexity index is 258. The highest BCUT2D eigenvalue weighted by Gasteiger charge is 1.99. The highest BCUT2D eigenvalue weighted by molar-refractivity contribution is 5.06. The van der Waals surface area contributed by atoms with Gasteiger partial charge in [0, 0.05) is 5.69 Å². The number of aliphatic hydroxyl groups is 1. The molecule has 1 aromatic heterocycles. The van der Waals surface area contributed by atoms with Gasteiger partial charge in [-0.2, -0.15) is 5.10 Å². The minimum atomic E-state index is 0.0805. The van der Waals surface area contributed by atoms with E-state index in [-0.39, 0.29) is 6.61 Å². The number of aryl methyl sites for hydroxylation is 2. The van der Waals surface area contributed by atoms with E-state index in [1.165, 1.54) is 0 Å². The number of aliphatic hydroxyl groups excluding tert-OH is 1. The fraction of sp³-hybridized carbons (Fsp3) is 0.667. The second-order valence-corrected chi connectivity index (χ2v) is 2.99. The Balaban J connectivity index is 2.32. The van der Waals surface area contributed by atoms with E-state index in [1.807, 2.05) is 24.6 Å². The first-order valence-electron chi connectivity index (χ1n) is 4.43. The van der Waals surface area contributed by atoms with Gasteiger partial charge in [-0.1, -0.05) is 0 Å². The summed E-state index contributed by atoms with van der Waals surface area (Å²) in [5.41, 5.74) is 2.17. The van der Waals surface area contributed by atoms with E-state index in [0.29, 0.717) is 13.2 Å². The average molecular weight is 184 g/mol. The van der Waals surface area contributed by atoms with Crippen molar-refractivity contribution < 1.29 is 9.84 Å².